The Labute approximate surface area is 115 Å². The predicted octanol–water partition coefficient (Wildman–Crippen LogP) is 3.79. The molecule has 0 radical (unpaired) electrons. The molecule has 0 fully saturated rings. The van der Waals surface area contributed by atoms with Crippen LogP contribution in [0.15, 0.2) is 32.3 Å². The molecule has 0 atom stereocenters. The minimum Gasteiger partial charge on any atom is -0.346 e. The Bertz CT molecular complexity index is 506. The van der Waals surface area contributed by atoms with E-state index in [1.807, 2.05) is 16.8 Å². The van der Waals surface area contributed by atoms with Crippen LogP contribution in [0.2, 0.25) is 0 Å². The molecule has 0 spiro atoms. The smallest absolute Gasteiger partial charge is 0.261 e. The third kappa shape index (κ3) is 2.88. The van der Waals surface area contributed by atoms with Crippen LogP contribution in [0.1, 0.15) is 14.5 Å². The first-order valence-electron chi connectivity index (χ1n) is 4.44. The minimum absolute atomic E-state index is 0.0504. The van der Waals surface area contributed by atoms with Crippen molar-refractivity contribution in [3.05, 3.63) is 37.1 Å². The summed E-state index contributed by atoms with van der Waals surface area (Å²) < 4.78 is 1.04. The molecule has 84 valence electrons. The van der Waals surface area contributed by atoms with Crippen LogP contribution in [0.4, 0.5) is 0 Å². The molecule has 2 rings (SSSR count). The van der Waals surface area contributed by atoms with Gasteiger partial charge in [0.15, 0.2) is 0 Å². The molecule has 0 aliphatic carbocycles. The summed E-state index contributed by atoms with van der Waals surface area (Å²) in [6.45, 7) is 0.552. The van der Waals surface area contributed by atoms with Crippen molar-refractivity contribution in [2.45, 2.75) is 11.4 Å². The number of thiophene rings is 2. The number of hydrogen-bond donors (Lipinski definition) is 2. The van der Waals surface area contributed by atoms with E-state index in [9.17, 15) is 4.79 Å². The summed E-state index contributed by atoms with van der Waals surface area (Å²) >= 11 is 10.6. The Kier molecular flexibility index (Phi) is 4.07. The van der Waals surface area contributed by atoms with Gasteiger partial charge in [0, 0.05) is 19.6 Å². The van der Waals surface area contributed by atoms with Gasteiger partial charge < -0.3 is 5.32 Å². The number of thiol groups is 1. The van der Waals surface area contributed by atoms with Crippen LogP contribution in [0.5, 0.6) is 0 Å². The molecule has 1 amide bonds. The van der Waals surface area contributed by atoms with Gasteiger partial charge in [-0.3, -0.25) is 4.79 Å². The summed E-state index contributed by atoms with van der Waals surface area (Å²) in [6, 6.07) is 3.75. The molecule has 2 aromatic rings. The first kappa shape index (κ1) is 12.2. The van der Waals surface area contributed by atoms with Crippen LogP contribution in [0.25, 0.3) is 0 Å². The minimum atomic E-state index is -0.0504. The van der Waals surface area contributed by atoms with Crippen molar-refractivity contribution in [3.63, 3.8) is 0 Å². The zero-order valence-corrected chi connectivity index (χ0v) is 12.2. The molecule has 1 N–H and O–H groups in total. The predicted molar refractivity (Wildman–Crippen MR) is 74.8 cm³/mol. The molecule has 2 heterocycles. The van der Waals surface area contributed by atoms with E-state index in [2.05, 4.69) is 33.9 Å². The highest BCUT2D eigenvalue weighted by Gasteiger charge is 2.09. The number of carbonyl (C=O) groups excluding carboxylic acids is 1. The highest BCUT2D eigenvalue weighted by molar-refractivity contribution is 9.10. The number of carbonyl (C=O) groups is 1. The quantitative estimate of drug-likeness (QED) is 0.822. The Morgan fingerprint density at radius 2 is 2.31 bits per heavy atom. The number of hydrogen-bond acceptors (Lipinski definition) is 4. The van der Waals surface area contributed by atoms with Gasteiger partial charge in [-0.1, -0.05) is 0 Å². The van der Waals surface area contributed by atoms with Gasteiger partial charge in [0.2, 0.25) is 0 Å². The fourth-order valence-electron chi connectivity index (χ4n) is 1.14. The van der Waals surface area contributed by atoms with E-state index in [0.29, 0.717) is 11.4 Å². The van der Waals surface area contributed by atoms with Crippen LogP contribution in [0.3, 0.4) is 0 Å². The maximum absolute atomic E-state index is 11.7. The molecule has 0 unspecified atom stereocenters. The average Bonchev–Trinajstić information content (AvgIpc) is 2.84. The number of amides is 1. The lowest BCUT2D eigenvalue weighted by atomic mass is 10.4. The summed E-state index contributed by atoms with van der Waals surface area (Å²) in [5, 5.41) is 6.71. The SMILES string of the molecule is O=C(NCc1sccc1Br)c1cc(S)cs1. The summed E-state index contributed by atoms with van der Waals surface area (Å²) in [6.07, 6.45) is 0. The molecule has 2 nitrogen and oxygen atoms in total. The molecule has 0 bridgehead atoms. The van der Waals surface area contributed by atoms with Crippen LogP contribution in [-0.2, 0) is 6.54 Å². The van der Waals surface area contributed by atoms with E-state index in [0.717, 1.165) is 14.2 Å². The Hall–Kier alpha value is -0.300. The monoisotopic (exact) mass is 333 g/mol. The van der Waals surface area contributed by atoms with Gasteiger partial charge in [-0.15, -0.1) is 35.3 Å². The lowest BCUT2D eigenvalue weighted by Gasteiger charge is -2.01. The van der Waals surface area contributed by atoms with Gasteiger partial charge in [0.05, 0.1) is 11.4 Å². The molecule has 2 aromatic heterocycles. The van der Waals surface area contributed by atoms with E-state index < -0.39 is 0 Å². The van der Waals surface area contributed by atoms with Crippen LogP contribution >= 0.6 is 51.2 Å². The van der Waals surface area contributed by atoms with Gasteiger partial charge in [0.25, 0.3) is 5.91 Å². The third-order valence-electron chi connectivity index (χ3n) is 1.91. The van der Waals surface area contributed by atoms with Crippen LogP contribution in [-0.4, -0.2) is 5.91 Å². The summed E-state index contributed by atoms with van der Waals surface area (Å²) in [5.41, 5.74) is 0. The third-order valence-corrected chi connectivity index (χ3v) is 5.20. The molecule has 0 aliphatic heterocycles. The van der Waals surface area contributed by atoms with E-state index >= 15 is 0 Å². The second-order valence-electron chi connectivity index (χ2n) is 3.04. The molecule has 0 aliphatic rings. The van der Waals surface area contributed by atoms with E-state index in [4.69, 9.17) is 0 Å². The Morgan fingerprint density at radius 1 is 1.50 bits per heavy atom. The number of nitrogens with one attached hydrogen (secondary N) is 1. The van der Waals surface area contributed by atoms with Gasteiger partial charge in [-0.2, -0.15) is 0 Å². The molecule has 6 heteroatoms. The van der Waals surface area contributed by atoms with Crippen molar-refractivity contribution in [3.8, 4) is 0 Å². The standard InChI is InChI=1S/C10H8BrNOS3/c11-7-1-2-15-9(7)4-12-10(13)8-3-6(14)5-16-8/h1-3,5,14H,4H2,(H,12,13). The Morgan fingerprint density at radius 3 is 2.88 bits per heavy atom. The molecule has 0 saturated carbocycles. The zero-order chi connectivity index (χ0) is 11.5. The van der Waals surface area contributed by atoms with E-state index in [1.54, 1.807) is 17.4 Å². The Balaban J connectivity index is 1.96. The van der Waals surface area contributed by atoms with Crippen molar-refractivity contribution >= 4 is 57.1 Å². The van der Waals surface area contributed by atoms with Crippen LogP contribution < -0.4 is 5.32 Å². The number of rotatable bonds is 3. The first-order chi connectivity index (χ1) is 7.66. The topological polar surface area (TPSA) is 29.1 Å². The molecule has 0 aromatic carbocycles. The van der Waals surface area contributed by atoms with Crippen LogP contribution in [0, 0.1) is 0 Å². The van der Waals surface area contributed by atoms with Gasteiger partial charge >= 0.3 is 0 Å². The van der Waals surface area contributed by atoms with Crippen molar-refractivity contribution in [2.75, 3.05) is 0 Å². The maximum Gasteiger partial charge on any atom is 0.261 e. The van der Waals surface area contributed by atoms with Crippen molar-refractivity contribution in [1.29, 1.82) is 0 Å². The summed E-state index contributed by atoms with van der Waals surface area (Å²) in [7, 11) is 0. The second kappa shape index (κ2) is 5.35. The highest BCUT2D eigenvalue weighted by Crippen LogP contribution is 2.23. The largest absolute Gasteiger partial charge is 0.346 e. The maximum atomic E-state index is 11.7. The van der Waals surface area contributed by atoms with E-state index in [-0.39, 0.29) is 5.91 Å². The fraction of sp³-hybridized carbons (Fsp3) is 0.100. The van der Waals surface area contributed by atoms with Crippen molar-refractivity contribution in [2.24, 2.45) is 0 Å². The fourth-order valence-corrected chi connectivity index (χ4v) is 3.64. The van der Waals surface area contributed by atoms with E-state index in [1.165, 1.54) is 11.3 Å². The van der Waals surface area contributed by atoms with Gasteiger partial charge in [0.1, 0.15) is 0 Å². The second-order valence-corrected chi connectivity index (χ2v) is 6.33. The molecular formula is C10H8BrNOS3. The average molecular weight is 334 g/mol. The summed E-state index contributed by atoms with van der Waals surface area (Å²) in [5.74, 6) is -0.0504. The van der Waals surface area contributed by atoms with Gasteiger partial charge in [-0.05, 0) is 33.4 Å². The number of halogens is 1. The normalized spacial score (nSPS) is 10.4. The lowest BCUT2D eigenvalue weighted by Crippen LogP contribution is -2.21. The molecule has 0 saturated heterocycles. The van der Waals surface area contributed by atoms with Crippen molar-refractivity contribution < 1.29 is 4.79 Å². The first-order valence-corrected chi connectivity index (χ1v) is 7.44. The molecular weight excluding hydrogens is 326 g/mol. The molecule has 16 heavy (non-hydrogen) atoms. The lowest BCUT2D eigenvalue weighted by molar-refractivity contribution is 0.0955. The summed E-state index contributed by atoms with van der Waals surface area (Å²) in [4.78, 5) is 14.4. The van der Waals surface area contributed by atoms with Gasteiger partial charge in [-0.25, -0.2) is 0 Å². The highest BCUT2D eigenvalue weighted by atomic mass is 79.9. The van der Waals surface area contributed by atoms with Crippen molar-refractivity contribution in [1.82, 2.24) is 5.32 Å². The zero-order valence-electron chi connectivity index (χ0n) is 8.07.